The lowest BCUT2D eigenvalue weighted by Crippen LogP contribution is -2.41. The molecular formula is C19H17Cl2NO2. The van der Waals surface area contributed by atoms with Crippen LogP contribution in [0.4, 0.5) is 0 Å². The first-order valence-corrected chi connectivity index (χ1v) is 8.47. The Hall–Kier alpha value is -1.81. The molecule has 0 aliphatic carbocycles. The van der Waals surface area contributed by atoms with E-state index in [4.69, 9.17) is 27.9 Å². The minimum Gasteiger partial charge on any atom is -0.370 e. The predicted molar refractivity (Wildman–Crippen MR) is 97.2 cm³/mol. The Morgan fingerprint density at radius 1 is 1.12 bits per heavy atom. The summed E-state index contributed by atoms with van der Waals surface area (Å²) in [6, 6.07) is 15.1. The van der Waals surface area contributed by atoms with Gasteiger partial charge in [-0.05, 0) is 35.4 Å². The SMILES string of the molecule is O=C(/C=C/c1ccccc1)N1CCO[C@H](c2cc(Cl)cc(Cl)c2)C1. The van der Waals surface area contributed by atoms with Gasteiger partial charge in [0.1, 0.15) is 6.10 Å². The van der Waals surface area contributed by atoms with E-state index >= 15 is 0 Å². The fourth-order valence-electron chi connectivity index (χ4n) is 2.65. The van der Waals surface area contributed by atoms with Crippen molar-refractivity contribution in [2.75, 3.05) is 19.7 Å². The molecule has 0 radical (unpaired) electrons. The number of halogens is 2. The molecule has 3 rings (SSSR count). The molecule has 5 heteroatoms. The van der Waals surface area contributed by atoms with Crippen molar-refractivity contribution < 1.29 is 9.53 Å². The molecule has 0 spiro atoms. The van der Waals surface area contributed by atoms with Crippen molar-refractivity contribution in [2.45, 2.75) is 6.10 Å². The fraction of sp³-hybridized carbons (Fsp3) is 0.211. The first-order chi connectivity index (χ1) is 11.6. The molecule has 0 aromatic heterocycles. The molecule has 1 amide bonds. The second-order valence-electron chi connectivity index (χ2n) is 5.59. The standard InChI is InChI=1S/C19H17Cl2NO2/c20-16-10-15(11-17(21)12-16)18-13-22(8-9-24-18)19(23)7-6-14-4-2-1-3-5-14/h1-7,10-12,18H,8-9,13H2/b7-6+/t18-/m0/s1. The van der Waals surface area contributed by atoms with Gasteiger partial charge in [0.2, 0.25) is 5.91 Å². The van der Waals surface area contributed by atoms with Crippen molar-refractivity contribution in [3.8, 4) is 0 Å². The average molecular weight is 362 g/mol. The maximum atomic E-state index is 12.4. The Kier molecular flexibility index (Phi) is 5.56. The Morgan fingerprint density at radius 3 is 2.54 bits per heavy atom. The molecule has 1 saturated heterocycles. The predicted octanol–water partition coefficient (Wildman–Crippen LogP) is 4.61. The molecule has 2 aromatic carbocycles. The highest BCUT2D eigenvalue weighted by Gasteiger charge is 2.24. The average Bonchev–Trinajstić information content (AvgIpc) is 2.60. The van der Waals surface area contributed by atoms with Gasteiger partial charge in [-0.1, -0.05) is 53.5 Å². The van der Waals surface area contributed by atoms with E-state index in [0.29, 0.717) is 29.7 Å². The zero-order valence-corrected chi connectivity index (χ0v) is 14.5. The van der Waals surface area contributed by atoms with Crippen molar-refractivity contribution in [3.63, 3.8) is 0 Å². The van der Waals surface area contributed by atoms with Crippen LogP contribution in [0.15, 0.2) is 54.6 Å². The number of morpholine rings is 1. The fourth-order valence-corrected chi connectivity index (χ4v) is 3.19. The molecule has 1 atom stereocenters. The highest BCUT2D eigenvalue weighted by atomic mass is 35.5. The summed E-state index contributed by atoms with van der Waals surface area (Å²) in [6.45, 7) is 1.54. The quantitative estimate of drug-likeness (QED) is 0.747. The summed E-state index contributed by atoms with van der Waals surface area (Å²) in [6.07, 6.45) is 3.20. The van der Waals surface area contributed by atoms with Crippen LogP contribution in [0.5, 0.6) is 0 Å². The molecule has 1 aliphatic heterocycles. The van der Waals surface area contributed by atoms with Crippen LogP contribution in [-0.2, 0) is 9.53 Å². The molecule has 0 saturated carbocycles. The van der Waals surface area contributed by atoms with Gasteiger partial charge in [-0.25, -0.2) is 0 Å². The van der Waals surface area contributed by atoms with Gasteiger partial charge in [0.05, 0.1) is 13.2 Å². The Labute approximate surface area is 151 Å². The maximum Gasteiger partial charge on any atom is 0.246 e. The molecular weight excluding hydrogens is 345 g/mol. The first-order valence-electron chi connectivity index (χ1n) is 7.71. The van der Waals surface area contributed by atoms with E-state index in [0.717, 1.165) is 11.1 Å². The largest absolute Gasteiger partial charge is 0.370 e. The van der Waals surface area contributed by atoms with Gasteiger partial charge < -0.3 is 9.64 Å². The summed E-state index contributed by atoms with van der Waals surface area (Å²) >= 11 is 12.1. The van der Waals surface area contributed by atoms with Crippen molar-refractivity contribution in [2.24, 2.45) is 0 Å². The lowest BCUT2D eigenvalue weighted by atomic mass is 10.1. The monoisotopic (exact) mass is 361 g/mol. The summed E-state index contributed by atoms with van der Waals surface area (Å²) in [7, 11) is 0. The van der Waals surface area contributed by atoms with E-state index in [-0.39, 0.29) is 12.0 Å². The van der Waals surface area contributed by atoms with Gasteiger partial charge in [0.25, 0.3) is 0 Å². The van der Waals surface area contributed by atoms with E-state index in [2.05, 4.69) is 0 Å². The Bertz CT molecular complexity index is 726. The lowest BCUT2D eigenvalue weighted by molar-refractivity contribution is -0.133. The molecule has 0 unspecified atom stereocenters. The molecule has 0 bridgehead atoms. The van der Waals surface area contributed by atoms with Crippen LogP contribution >= 0.6 is 23.2 Å². The zero-order valence-electron chi connectivity index (χ0n) is 13.0. The second kappa shape index (κ2) is 7.84. The number of hydrogen-bond donors (Lipinski definition) is 0. The smallest absolute Gasteiger partial charge is 0.246 e. The normalized spacial score (nSPS) is 18.1. The number of rotatable bonds is 3. The number of hydrogen-bond acceptors (Lipinski definition) is 2. The van der Waals surface area contributed by atoms with E-state index in [1.165, 1.54) is 0 Å². The molecule has 1 aliphatic rings. The van der Waals surface area contributed by atoms with Crippen LogP contribution in [0.1, 0.15) is 17.2 Å². The van der Waals surface area contributed by atoms with E-state index < -0.39 is 0 Å². The number of carbonyl (C=O) groups excluding carboxylic acids is 1. The van der Waals surface area contributed by atoms with Crippen molar-refractivity contribution >= 4 is 35.2 Å². The van der Waals surface area contributed by atoms with E-state index in [1.54, 1.807) is 17.0 Å². The van der Waals surface area contributed by atoms with Crippen molar-refractivity contribution in [1.82, 2.24) is 4.90 Å². The third kappa shape index (κ3) is 4.38. The number of amides is 1. The highest BCUT2D eigenvalue weighted by molar-refractivity contribution is 6.34. The number of ether oxygens (including phenoxy) is 1. The van der Waals surface area contributed by atoms with Crippen LogP contribution in [0.25, 0.3) is 6.08 Å². The molecule has 124 valence electrons. The number of nitrogens with zero attached hydrogens (tertiary/aromatic N) is 1. The number of benzene rings is 2. The first kappa shape index (κ1) is 17.0. The molecule has 1 heterocycles. The minimum atomic E-state index is -0.218. The summed E-state index contributed by atoms with van der Waals surface area (Å²) < 4.78 is 5.78. The van der Waals surface area contributed by atoms with Crippen LogP contribution in [0, 0.1) is 0 Å². The van der Waals surface area contributed by atoms with Gasteiger partial charge in [-0.15, -0.1) is 0 Å². The number of carbonyl (C=O) groups is 1. The second-order valence-corrected chi connectivity index (χ2v) is 6.46. The van der Waals surface area contributed by atoms with Gasteiger partial charge in [-0.3, -0.25) is 4.79 Å². The Morgan fingerprint density at radius 2 is 1.83 bits per heavy atom. The topological polar surface area (TPSA) is 29.5 Å². The van der Waals surface area contributed by atoms with Crippen LogP contribution in [0.3, 0.4) is 0 Å². The zero-order chi connectivity index (χ0) is 16.9. The van der Waals surface area contributed by atoms with E-state index in [1.807, 2.05) is 48.5 Å². The van der Waals surface area contributed by atoms with Gasteiger partial charge in [0, 0.05) is 22.7 Å². The molecule has 2 aromatic rings. The molecule has 0 N–H and O–H groups in total. The van der Waals surface area contributed by atoms with Gasteiger partial charge >= 0.3 is 0 Å². The maximum absolute atomic E-state index is 12.4. The van der Waals surface area contributed by atoms with Crippen LogP contribution in [-0.4, -0.2) is 30.5 Å². The highest BCUT2D eigenvalue weighted by Crippen LogP contribution is 2.28. The molecule has 1 fully saturated rings. The van der Waals surface area contributed by atoms with Crippen molar-refractivity contribution in [1.29, 1.82) is 0 Å². The third-order valence-corrected chi connectivity index (χ3v) is 4.29. The van der Waals surface area contributed by atoms with Crippen LogP contribution < -0.4 is 0 Å². The lowest BCUT2D eigenvalue weighted by Gasteiger charge is -2.32. The third-order valence-electron chi connectivity index (χ3n) is 3.85. The van der Waals surface area contributed by atoms with Gasteiger partial charge in [-0.2, -0.15) is 0 Å². The van der Waals surface area contributed by atoms with Crippen LogP contribution in [0.2, 0.25) is 10.0 Å². The summed E-state index contributed by atoms with van der Waals surface area (Å²) in [5.41, 5.74) is 1.88. The van der Waals surface area contributed by atoms with E-state index in [9.17, 15) is 4.79 Å². The Balaban J connectivity index is 1.68. The molecule has 24 heavy (non-hydrogen) atoms. The summed E-state index contributed by atoms with van der Waals surface area (Å²) in [4.78, 5) is 14.2. The minimum absolute atomic E-state index is 0.0275. The summed E-state index contributed by atoms with van der Waals surface area (Å²) in [5, 5.41) is 1.13. The van der Waals surface area contributed by atoms with Gasteiger partial charge in [0.15, 0.2) is 0 Å². The summed E-state index contributed by atoms with van der Waals surface area (Å²) in [5.74, 6) is -0.0275. The van der Waals surface area contributed by atoms with Crippen molar-refractivity contribution in [3.05, 3.63) is 75.8 Å². The molecule has 3 nitrogen and oxygen atoms in total.